The van der Waals surface area contributed by atoms with Crippen molar-refractivity contribution in [1.82, 2.24) is 14.8 Å². The lowest BCUT2D eigenvalue weighted by molar-refractivity contribution is 0.412. The van der Waals surface area contributed by atoms with Crippen LogP contribution in [-0.2, 0) is 5.75 Å². The van der Waals surface area contributed by atoms with Gasteiger partial charge < -0.3 is 4.74 Å². The average Bonchev–Trinajstić information content (AvgIpc) is 3.37. The Balaban J connectivity index is 1.77. The molecule has 0 saturated heterocycles. The Bertz CT molecular complexity index is 1080. The number of hydrogen-bond donors (Lipinski definition) is 0. The van der Waals surface area contributed by atoms with Crippen molar-refractivity contribution in [2.24, 2.45) is 0 Å². The Labute approximate surface area is 180 Å². The minimum absolute atomic E-state index is 0.800. The summed E-state index contributed by atoms with van der Waals surface area (Å²) in [6.07, 6.45) is 0. The first-order valence-electron chi connectivity index (χ1n) is 8.67. The van der Waals surface area contributed by atoms with Crippen LogP contribution in [0.4, 0.5) is 0 Å². The van der Waals surface area contributed by atoms with Gasteiger partial charge in [0.1, 0.15) is 5.75 Å². The Morgan fingerprint density at radius 1 is 1.11 bits per heavy atom. The molecular formula is C21H18BrN3OS2. The molecule has 2 aromatic carbocycles. The van der Waals surface area contributed by atoms with E-state index >= 15 is 0 Å². The maximum atomic E-state index is 5.64. The fourth-order valence-electron chi connectivity index (χ4n) is 2.85. The Hall–Kier alpha value is -2.09. The molecule has 2 aromatic heterocycles. The second kappa shape index (κ2) is 8.51. The summed E-state index contributed by atoms with van der Waals surface area (Å²) in [4.78, 5) is 1.08. The van der Waals surface area contributed by atoms with E-state index in [9.17, 15) is 0 Å². The van der Waals surface area contributed by atoms with E-state index in [0.29, 0.717) is 0 Å². The number of benzene rings is 2. The highest BCUT2D eigenvalue weighted by molar-refractivity contribution is 9.10. The van der Waals surface area contributed by atoms with E-state index in [-0.39, 0.29) is 0 Å². The van der Waals surface area contributed by atoms with Gasteiger partial charge in [-0.05, 0) is 53.8 Å². The summed E-state index contributed by atoms with van der Waals surface area (Å²) in [5.74, 6) is 2.44. The molecule has 0 radical (unpaired) electrons. The Morgan fingerprint density at radius 2 is 1.93 bits per heavy atom. The van der Waals surface area contributed by atoms with Crippen molar-refractivity contribution in [3.63, 3.8) is 0 Å². The highest BCUT2D eigenvalue weighted by atomic mass is 79.9. The molecule has 0 N–H and O–H groups in total. The summed E-state index contributed by atoms with van der Waals surface area (Å²) in [6.45, 7) is 2.08. The van der Waals surface area contributed by atoms with Crippen molar-refractivity contribution >= 4 is 39.0 Å². The van der Waals surface area contributed by atoms with Crippen molar-refractivity contribution in [1.29, 1.82) is 0 Å². The lowest BCUT2D eigenvalue weighted by atomic mass is 10.2. The standard InChI is InChI=1S/C21H18BrN3OS2/c1-14-5-10-18(26-2)17(12-14)25-20(19-4-3-11-27-19)23-24-21(25)28-13-15-6-8-16(22)9-7-15/h3-12H,13H2,1-2H3. The molecule has 0 amide bonds. The van der Waals surface area contributed by atoms with Gasteiger partial charge >= 0.3 is 0 Å². The lowest BCUT2D eigenvalue weighted by Gasteiger charge is -2.14. The van der Waals surface area contributed by atoms with Gasteiger partial charge in [-0.3, -0.25) is 4.57 Å². The molecule has 4 aromatic rings. The van der Waals surface area contributed by atoms with Gasteiger partial charge in [-0.25, -0.2) is 0 Å². The molecule has 0 fully saturated rings. The van der Waals surface area contributed by atoms with Gasteiger partial charge in [-0.15, -0.1) is 21.5 Å². The zero-order valence-corrected chi connectivity index (χ0v) is 18.6. The highest BCUT2D eigenvalue weighted by Gasteiger charge is 2.20. The number of ether oxygens (including phenoxy) is 1. The average molecular weight is 472 g/mol. The zero-order valence-electron chi connectivity index (χ0n) is 15.4. The molecule has 0 spiro atoms. The van der Waals surface area contributed by atoms with Gasteiger partial charge in [0.25, 0.3) is 0 Å². The van der Waals surface area contributed by atoms with Crippen LogP contribution in [0.3, 0.4) is 0 Å². The minimum atomic E-state index is 0.800. The van der Waals surface area contributed by atoms with E-state index in [4.69, 9.17) is 4.74 Å². The third-order valence-electron chi connectivity index (χ3n) is 4.23. The van der Waals surface area contributed by atoms with Gasteiger partial charge in [0, 0.05) is 10.2 Å². The van der Waals surface area contributed by atoms with E-state index in [2.05, 4.69) is 79.4 Å². The maximum Gasteiger partial charge on any atom is 0.196 e. The fraction of sp³-hybridized carbons (Fsp3) is 0.143. The van der Waals surface area contributed by atoms with Crippen LogP contribution in [0.15, 0.2) is 69.6 Å². The van der Waals surface area contributed by atoms with E-state index in [1.54, 1.807) is 30.2 Å². The quantitative estimate of drug-likeness (QED) is 0.306. The Kier molecular flexibility index (Phi) is 5.85. The summed E-state index contributed by atoms with van der Waals surface area (Å²) in [6, 6.07) is 18.6. The highest BCUT2D eigenvalue weighted by Crippen LogP contribution is 2.35. The summed E-state index contributed by atoms with van der Waals surface area (Å²) in [5, 5.41) is 11.9. The third-order valence-corrected chi connectivity index (χ3v) is 6.63. The van der Waals surface area contributed by atoms with Gasteiger partial charge in [0.15, 0.2) is 11.0 Å². The minimum Gasteiger partial charge on any atom is -0.495 e. The van der Waals surface area contributed by atoms with Crippen LogP contribution in [0.1, 0.15) is 11.1 Å². The molecule has 0 atom stereocenters. The van der Waals surface area contributed by atoms with Crippen LogP contribution in [0.25, 0.3) is 16.4 Å². The van der Waals surface area contributed by atoms with Gasteiger partial charge in [0.05, 0.1) is 17.7 Å². The number of thioether (sulfide) groups is 1. The van der Waals surface area contributed by atoms with Crippen LogP contribution in [-0.4, -0.2) is 21.9 Å². The molecule has 2 heterocycles. The Morgan fingerprint density at radius 3 is 2.64 bits per heavy atom. The van der Waals surface area contributed by atoms with Gasteiger partial charge in [0.2, 0.25) is 0 Å². The molecule has 4 nitrogen and oxygen atoms in total. The van der Waals surface area contributed by atoms with E-state index < -0.39 is 0 Å². The van der Waals surface area contributed by atoms with Crippen molar-refractivity contribution in [3.8, 4) is 22.1 Å². The number of aromatic nitrogens is 3. The molecule has 0 aliphatic carbocycles. The van der Waals surface area contributed by atoms with Crippen molar-refractivity contribution in [3.05, 3.63) is 75.6 Å². The number of hydrogen-bond acceptors (Lipinski definition) is 5. The molecule has 142 valence electrons. The van der Waals surface area contributed by atoms with E-state index in [1.165, 1.54) is 5.56 Å². The fourth-order valence-corrected chi connectivity index (χ4v) is 4.71. The third kappa shape index (κ3) is 4.01. The summed E-state index contributed by atoms with van der Waals surface area (Å²) in [7, 11) is 1.69. The molecule has 28 heavy (non-hydrogen) atoms. The first-order chi connectivity index (χ1) is 13.7. The van der Waals surface area contributed by atoms with Gasteiger partial charge in [-0.1, -0.05) is 52.0 Å². The molecule has 4 rings (SSSR count). The largest absolute Gasteiger partial charge is 0.495 e. The number of methoxy groups -OCH3 is 1. The number of rotatable bonds is 6. The topological polar surface area (TPSA) is 39.9 Å². The maximum absolute atomic E-state index is 5.64. The zero-order chi connectivity index (χ0) is 19.5. The van der Waals surface area contributed by atoms with Crippen molar-refractivity contribution in [2.75, 3.05) is 7.11 Å². The summed E-state index contributed by atoms with van der Waals surface area (Å²) < 4.78 is 8.82. The molecular weight excluding hydrogens is 454 g/mol. The van der Waals surface area contributed by atoms with Crippen LogP contribution < -0.4 is 4.74 Å². The molecule has 0 aliphatic heterocycles. The lowest BCUT2D eigenvalue weighted by Crippen LogP contribution is -2.02. The predicted octanol–water partition coefficient (Wildman–Crippen LogP) is 6.37. The predicted molar refractivity (Wildman–Crippen MR) is 120 cm³/mol. The SMILES string of the molecule is COc1ccc(C)cc1-n1c(SCc2ccc(Br)cc2)nnc1-c1cccs1. The summed E-state index contributed by atoms with van der Waals surface area (Å²) >= 11 is 6.81. The van der Waals surface area contributed by atoms with E-state index in [0.717, 1.165) is 43.1 Å². The smallest absolute Gasteiger partial charge is 0.196 e. The number of nitrogens with zero attached hydrogens (tertiary/aromatic N) is 3. The van der Waals surface area contributed by atoms with Crippen molar-refractivity contribution < 1.29 is 4.74 Å². The second-order valence-electron chi connectivity index (χ2n) is 6.21. The molecule has 0 unspecified atom stereocenters. The summed E-state index contributed by atoms with van der Waals surface area (Å²) in [5.41, 5.74) is 3.34. The van der Waals surface area contributed by atoms with Crippen LogP contribution in [0, 0.1) is 6.92 Å². The molecule has 7 heteroatoms. The normalized spacial score (nSPS) is 11.0. The first-order valence-corrected chi connectivity index (χ1v) is 11.3. The first kappa shape index (κ1) is 19.2. The van der Waals surface area contributed by atoms with Crippen molar-refractivity contribution in [2.45, 2.75) is 17.8 Å². The van der Waals surface area contributed by atoms with Gasteiger partial charge in [-0.2, -0.15) is 0 Å². The second-order valence-corrected chi connectivity index (χ2v) is 9.02. The monoisotopic (exact) mass is 471 g/mol. The van der Waals surface area contributed by atoms with Crippen LogP contribution in [0.5, 0.6) is 5.75 Å². The molecule has 0 bridgehead atoms. The van der Waals surface area contributed by atoms with Crippen LogP contribution >= 0.6 is 39.0 Å². The molecule has 0 aliphatic rings. The number of thiophene rings is 1. The number of halogens is 1. The molecule has 0 saturated carbocycles. The van der Waals surface area contributed by atoms with E-state index in [1.807, 2.05) is 18.2 Å². The van der Waals surface area contributed by atoms with Crippen LogP contribution in [0.2, 0.25) is 0 Å². The number of aryl methyl sites for hydroxylation is 1.